The maximum Gasteiger partial charge on any atom is 0.343 e. The lowest BCUT2D eigenvalue weighted by Crippen LogP contribution is -2.33. The van der Waals surface area contributed by atoms with Gasteiger partial charge in [-0.25, -0.2) is 4.79 Å². The lowest BCUT2D eigenvalue weighted by Gasteiger charge is -2.40. The molecular weight excluding hydrogens is 486 g/mol. The Morgan fingerprint density at radius 2 is 1.69 bits per heavy atom. The SMILES string of the molecule is COc1cc(C2Nc3ccc4ccccc4c3C3=C2C(=O)CC(C)(C)C3)ccc1OC(=O)c1ccc(C)cc1. The number of rotatable bonds is 4. The van der Waals surface area contributed by atoms with Gasteiger partial charge in [0.15, 0.2) is 17.3 Å². The Hall–Kier alpha value is -4.38. The number of allylic oxidation sites excluding steroid dienone is 1. The molecule has 0 bridgehead atoms. The Morgan fingerprint density at radius 3 is 2.46 bits per heavy atom. The molecule has 0 spiro atoms. The highest BCUT2D eigenvalue weighted by molar-refractivity contribution is 6.12. The summed E-state index contributed by atoms with van der Waals surface area (Å²) in [5.41, 5.74) is 6.34. The number of ketones is 1. The van der Waals surface area contributed by atoms with E-state index in [-0.39, 0.29) is 17.2 Å². The highest BCUT2D eigenvalue weighted by atomic mass is 16.6. The fourth-order valence-corrected chi connectivity index (χ4v) is 5.88. The molecule has 0 saturated heterocycles. The lowest BCUT2D eigenvalue weighted by molar-refractivity contribution is -0.118. The Morgan fingerprint density at radius 1 is 0.923 bits per heavy atom. The first kappa shape index (κ1) is 24.9. The van der Waals surface area contributed by atoms with Crippen molar-refractivity contribution >= 4 is 33.8 Å². The van der Waals surface area contributed by atoms with Crippen LogP contribution in [0.2, 0.25) is 0 Å². The van der Waals surface area contributed by atoms with E-state index in [9.17, 15) is 9.59 Å². The summed E-state index contributed by atoms with van der Waals surface area (Å²) in [6.45, 7) is 6.30. The Bertz CT molecular complexity index is 1660. The molecule has 4 aromatic carbocycles. The molecule has 5 heteroatoms. The van der Waals surface area contributed by atoms with Gasteiger partial charge in [0.25, 0.3) is 0 Å². The van der Waals surface area contributed by atoms with Crippen LogP contribution in [-0.4, -0.2) is 18.9 Å². The largest absolute Gasteiger partial charge is 0.493 e. The second kappa shape index (κ2) is 9.42. The van der Waals surface area contributed by atoms with Crippen LogP contribution in [0.5, 0.6) is 11.5 Å². The van der Waals surface area contributed by atoms with E-state index in [2.05, 4.69) is 43.4 Å². The minimum atomic E-state index is -0.452. The Kier molecular flexibility index (Phi) is 6.02. The number of anilines is 1. The van der Waals surface area contributed by atoms with Gasteiger partial charge in [0.2, 0.25) is 0 Å². The summed E-state index contributed by atoms with van der Waals surface area (Å²) in [6, 6.07) is 25.0. The zero-order chi connectivity index (χ0) is 27.3. The molecule has 0 radical (unpaired) electrons. The molecule has 1 unspecified atom stereocenters. The molecule has 196 valence electrons. The predicted molar refractivity (Wildman–Crippen MR) is 154 cm³/mol. The van der Waals surface area contributed by atoms with Crippen molar-refractivity contribution in [2.45, 2.75) is 39.7 Å². The molecule has 4 aromatic rings. The summed E-state index contributed by atoms with van der Waals surface area (Å²) < 4.78 is 11.4. The number of aryl methyl sites for hydroxylation is 1. The Labute approximate surface area is 228 Å². The van der Waals surface area contributed by atoms with Crippen LogP contribution in [0.1, 0.15) is 59.8 Å². The van der Waals surface area contributed by atoms with Crippen molar-refractivity contribution < 1.29 is 19.1 Å². The number of esters is 1. The van der Waals surface area contributed by atoms with Crippen LogP contribution in [0.4, 0.5) is 5.69 Å². The maximum absolute atomic E-state index is 13.7. The van der Waals surface area contributed by atoms with Gasteiger partial charge in [0.05, 0.1) is 18.7 Å². The first-order valence-corrected chi connectivity index (χ1v) is 13.3. The normalized spacial score (nSPS) is 17.7. The van der Waals surface area contributed by atoms with Crippen LogP contribution in [0.3, 0.4) is 0 Å². The number of hydrogen-bond acceptors (Lipinski definition) is 5. The van der Waals surface area contributed by atoms with Crippen molar-refractivity contribution in [1.29, 1.82) is 0 Å². The van der Waals surface area contributed by atoms with Crippen molar-refractivity contribution in [2.75, 3.05) is 12.4 Å². The van der Waals surface area contributed by atoms with Crippen LogP contribution in [0.15, 0.2) is 84.4 Å². The van der Waals surface area contributed by atoms with Gasteiger partial charge >= 0.3 is 5.97 Å². The molecule has 0 fully saturated rings. The molecule has 1 aliphatic carbocycles. The molecular formula is C34H31NO4. The summed E-state index contributed by atoms with van der Waals surface area (Å²) in [7, 11) is 1.55. The van der Waals surface area contributed by atoms with Gasteiger partial charge in [-0.05, 0) is 71.0 Å². The summed E-state index contributed by atoms with van der Waals surface area (Å²) in [5.74, 6) is 0.475. The third-order valence-electron chi connectivity index (χ3n) is 7.75. The number of carbonyl (C=O) groups excluding carboxylic acids is 2. The van der Waals surface area contributed by atoms with E-state index in [1.54, 1.807) is 25.3 Å². The number of carbonyl (C=O) groups is 2. The second-order valence-corrected chi connectivity index (χ2v) is 11.3. The van der Waals surface area contributed by atoms with Crippen LogP contribution >= 0.6 is 0 Å². The van der Waals surface area contributed by atoms with Crippen LogP contribution in [-0.2, 0) is 4.79 Å². The average molecular weight is 518 g/mol. The number of nitrogens with one attached hydrogen (secondary N) is 1. The third kappa shape index (κ3) is 4.48. The monoisotopic (exact) mass is 517 g/mol. The van der Waals surface area contributed by atoms with Gasteiger partial charge in [-0.15, -0.1) is 0 Å². The van der Waals surface area contributed by atoms with E-state index in [4.69, 9.17) is 9.47 Å². The molecule has 0 saturated carbocycles. The quantitative estimate of drug-likeness (QED) is 0.222. The molecule has 2 aliphatic rings. The van der Waals surface area contributed by atoms with E-state index >= 15 is 0 Å². The Balaban J connectivity index is 1.42. The lowest BCUT2D eigenvalue weighted by atomic mass is 9.68. The molecule has 1 aliphatic heterocycles. The molecule has 0 amide bonds. The molecule has 1 atom stereocenters. The molecule has 0 aromatic heterocycles. The van der Waals surface area contributed by atoms with Crippen molar-refractivity contribution in [3.05, 3.63) is 107 Å². The number of fused-ring (bicyclic) bond motifs is 4. The molecule has 1 N–H and O–H groups in total. The predicted octanol–water partition coefficient (Wildman–Crippen LogP) is 7.69. The van der Waals surface area contributed by atoms with Gasteiger partial charge in [-0.2, -0.15) is 0 Å². The standard InChI is InChI=1S/C34H31NO4/c1-20-9-11-22(12-10-20)33(37)39-28-16-14-23(17-29(28)38-4)32-31-25(18-34(2,3)19-27(31)36)30-24-8-6-5-7-21(24)13-15-26(30)35-32/h5-17,32,35H,18-19H2,1-4H3. The highest BCUT2D eigenvalue weighted by Gasteiger charge is 2.41. The topological polar surface area (TPSA) is 64.6 Å². The fraction of sp³-hybridized carbons (Fsp3) is 0.235. The second-order valence-electron chi connectivity index (χ2n) is 11.3. The third-order valence-corrected chi connectivity index (χ3v) is 7.75. The van der Waals surface area contributed by atoms with E-state index in [0.717, 1.165) is 50.7 Å². The van der Waals surface area contributed by atoms with E-state index in [1.165, 1.54) is 0 Å². The summed E-state index contributed by atoms with van der Waals surface area (Å²) >= 11 is 0. The van der Waals surface area contributed by atoms with Crippen molar-refractivity contribution in [2.24, 2.45) is 5.41 Å². The van der Waals surface area contributed by atoms with Crippen LogP contribution < -0.4 is 14.8 Å². The van der Waals surface area contributed by atoms with Crippen LogP contribution in [0.25, 0.3) is 16.3 Å². The van der Waals surface area contributed by atoms with Gasteiger partial charge < -0.3 is 14.8 Å². The summed E-state index contributed by atoms with van der Waals surface area (Å²) in [6.07, 6.45) is 1.31. The smallest absolute Gasteiger partial charge is 0.343 e. The number of Topliss-reactive ketones (excluding diaryl/α,β-unsaturated/α-hetero) is 1. The van der Waals surface area contributed by atoms with Gasteiger partial charge in [-0.3, -0.25) is 4.79 Å². The average Bonchev–Trinajstić information content (AvgIpc) is 2.92. The van der Waals surface area contributed by atoms with Gasteiger partial charge in [0.1, 0.15) is 0 Å². The number of benzene rings is 4. The van der Waals surface area contributed by atoms with E-state index in [0.29, 0.717) is 23.5 Å². The fourth-order valence-electron chi connectivity index (χ4n) is 5.88. The van der Waals surface area contributed by atoms with E-state index < -0.39 is 5.97 Å². The van der Waals surface area contributed by atoms with E-state index in [1.807, 2.05) is 43.3 Å². The maximum atomic E-state index is 13.7. The molecule has 1 heterocycles. The van der Waals surface area contributed by atoms with Crippen LogP contribution in [0, 0.1) is 12.3 Å². The molecule has 39 heavy (non-hydrogen) atoms. The summed E-state index contributed by atoms with van der Waals surface area (Å²) in [5, 5.41) is 5.96. The van der Waals surface area contributed by atoms with Crippen molar-refractivity contribution in [3.8, 4) is 11.5 Å². The zero-order valence-electron chi connectivity index (χ0n) is 22.6. The molecule has 6 rings (SSSR count). The summed E-state index contributed by atoms with van der Waals surface area (Å²) in [4.78, 5) is 26.5. The minimum absolute atomic E-state index is 0.127. The first-order valence-electron chi connectivity index (χ1n) is 13.3. The number of methoxy groups -OCH3 is 1. The minimum Gasteiger partial charge on any atom is -0.493 e. The highest BCUT2D eigenvalue weighted by Crippen LogP contribution is 2.52. The molecule has 5 nitrogen and oxygen atoms in total. The number of hydrogen-bond donors (Lipinski definition) is 1. The van der Waals surface area contributed by atoms with Gasteiger partial charge in [0, 0.05) is 23.2 Å². The van der Waals surface area contributed by atoms with Gasteiger partial charge in [-0.1, -0.05) is 67.9 Å². The van der Waals surface area contributed by atoms with Crippen molar-refractivity contribution in [1.82, 2.24) is 0 Å². The zero-order valence-corrected chi connectivity index (χ0v) is 22.6. The first-order chi connectivity index (χ1) is 18.7. The number of ether oxygens (including phenoxy) is 2. The van der Waals surface area contributed by atoms with Crippen molar-refractivity contribution in [3.63, 3.8) is 0 Å².